The van der Waals surface area contributed by atoms with E-state index in [1.165, 1.54) is 90.1 Å². The van der Waals surface area contributed by atoms with E-state index in [4.69, 9.17) is 0 Å². The molecule has 0 spiro atoms. The summed E-state index contributed by atoms with van der Waals surface area (Å²) in [7, 11) is 0. The quantitative estimate of drug-likeness (QED) is 0.200. The third kappa shape index (κ3) is 23.6. The molecule has 0 aromatic carbocycles. The zero-order valence-corrected chi connectivity index (χ0v) is 17.4. The van der Waals surface area contributed by atoms with Crippen molar-refractivity contribution >= 4 is 0 Å². The number of unbranched alkanes of at least 4 members (excludes halogenated alkanes) is 10. The fraction of sp³-hybridized carbons (Fsp3) is 0.909. The van der Waals surface area contributed by atoms with Crippen LogP contribution in [0, 0.1) is 0 Å². The maximum Gasteiger partial charge on any atom is 0.0135 e. The summed E-state index contributed by atoms with van der Waals surface area (Å²) >= 11 is 0. The van der Waals surface area contributed by atoms with Crippen LogP contribution in [0.5, 0.6) is 0 Å². The highest BCUT2D eigenvalue weighted by atomic mass is 14.8. The van der Waals surface area contributed by atoms with Gasteiger partial charge in [-0.3, -0.25) is 0 Å². The highest BCUT2D eigenvalue weighted by Gasteiger charge is 1.93. The predicted molar refractivity (Wildman–Crippen MR) is 115 cm³/mol. The first-order valence-electron chi connectivity index (χ1n) is 11.2. The van der Waals surface area contributed by atoms with Crippen LogP contribution < -0.4 is 16.0 Å². The first-order chi connectivity index (χ1) is 12.4. The molecule has 0 radical (unpaired) electrons. The lowest BCUT2D eigenvalue weighted by atomic mass is 10.1. The van der Waals surface area contributed by atoms with Crippen LogP contribution in [-0.2, 0) is 0 Å². The fourth-order valence-corrected chi connectivity index (χ4v) is 2.94. The molecule has 0 heterocycles. The Balaban J connectivity index is 2.99. The number of likely N-dealkylation sites (N-methyl/N-ethyl adjacent to an activating group) is 1. The van der Waals surface area contributed by atoms with Gasteiger partial charge in [0.25, 0.3) is 0 Å². The fourth-order valence-electron chi connectivity index (χ4n) is 2.94. The Morgan fingerprint density at radius 3 is 1.44 bits per heavy atom. The summed E-state index contributed by atoms with van der Waals surface area (Å²) in [6.45, 7) is 11.1. The third-order valence-corrected chi connectivity index (χ3v) is 4.61. The van der Waals surface area contributed by atoms with Gasteiger partial charge in [0.1, 0.15) is 0 Å². The SMILES string of the molecule is CCCCCCCNCCCCCCCCCNC/C=C\CNCC. The molecule has 0 saturated heterocycles. The van der Waals surface area contributed by atoms with Crippen molar-refractivity contribution in [2.75, 3.05) is 39.3 Å². The molecule has 3 heteroatoms. The lowest BCUT2D eigenvalue weighted by molar-refractivity contribution is 0.537. The summed E-state index contributed by atoms with van der Waals surface area (Å²) in [6.07, 6.45) is 21.1. The highest BCUT2D eigenvalue weighted by Crippen LogP contribution is 2.06. The van der Waals surface area contributed by atoms with Crippen molar-refractivity contribution in [2.45, 2.75) is 90.9 Å². The smallest absolute Gasteiger partial charge is 0.0135 e. The van der Waals surface area contributed by atoms with Gasteiger partial charge >= 0.3 is 0 Å². The van der Waals surface area contributed by atoms with Gasteiger partial charge in [0, 0.05) is 13.1 Å². The van der Waals surface area contributed by atoms with E-state index in [0.29, 0.717) is 0 Å². The molecule has 0 atom stereocenters. The molecule has 0 rings (SSSR count). The van der Waals surface area contributed by atoms with Gasteiger partial charge in [-0.1, -0.05) is 83.8 Å². The number of hydrogen-bond donors (Lipinski definition) is 3. The Hall–Kier alpha value is -0.380. The summed E-state index contributed by atoms with van der Waals surface area (Å²) in [5.74, 6) is 0. The Labute approximate surface area is 158 Å². The van der Waals surface area contributed by atoms with E-state index in [1.807, 2.05) is 0 Å². The largest absolute Gasteiger partial charge is 0.317 e. The average Bonchev–Trinajstić information content (AvgIpc) is 2.63. The number of nitrogens with one attached hydrogen (secondary N) is 3. The van der Waals surface area contributed by atoms with Gasteiger partial charge < -0.3 is 16.0 Å². The van der Waals surface area contributed by atoms with Crippen molar-refractivity contribution < 1.29 is 0 Å². The molecule has 0 aliphatic rings. The molecule has 0 aliphatic carbocycles. The predicted octanol–water partition coefficient (Wildman–Crippen LogP) is 5.03. The van der Waals surface area contributed by atoms with Crippen LogP contribution in [0.3, 0.4) is 0 Å². The van der Waals surface area contributed by atoms with Gasteiger partial charge in [0.05, 0.1) is 0 Å². The van der Waals surface area contributed by atoms with Gasteiger partial charge in [0.2, 0.25) is 0 Å². The van der Waals surface area contributed by atoms with E-state index >= 15 is 0 Å². The molecule has 25 heavy (non-hydrogen) atoms. The van der Waals surface area contributed by atoms with Gasteiger partial charge in [-0.25, -0.2) is 0 Å². The Morgan fingerprint density at radius 1 is 0.480 bits per heavy atom. The second kappa shape index (κ2) is 23.6. The second-order valence-electron chi connectivity index (χ2n) is 7.12. The molecule has 0 bridgehead atoms. The zero-order valence-electron chi connectivity index (χ0n) is 17.4. The van der Waals surface area contributed by atoms with Gasteiger partial charge in [0.15, 0.2) is 0 Å². The summed E-state index contributed by atoms with van der Waals surface area (Å²) in [5, 5.41) is 10.4. The van der Waals surface area contributed by atoms with E-state index in [9.17, 15) is 0 Å². The standard InChI is InChI=1S/C22H47N3/c1-3-5-6-10-13-19-24-20-14-11-8-7-9-12-15-21-25-22-17-16-18-23-4-2/h16-17,23-25H,3-15,18-22H2,1-2H3/b17-16-. The third-order valence-electron chi connectivity index (χ3n) is 4.61. The van der Waals surface area contributed by atoms with Crippen LogP contribution in [0.2, 0.25) is 0 Å². The first-order valence-corrected chi connectivity index (χ1v) is 11.2. The lowest BCUT2D eigenvalue weighted by Crippen LogP contribution is -2.16. The van der Waals surface area contributed by atoms with Crippen LogP contribution in [0.15, 0.2) is 12.2 Å². The lowest BCUT2D eigenvalue weighted by Gasteiger charge is -2.05. The molecule has 0 unspecified atom stereocenters. The summed E-state index contributed by atoms with van der Waals surface area (Å²) in [4.78, 5) is 0. The van der Waals surface area contributed by atoms with Crippen LogP contribution in [0.25, 0.3) is 0 Å². The Kier molecular flexibility index (Phi) is 23.3. The normalized spacial score (nSPS) is 11.6. The van der Waals surface area contributed by atoms with E-state index in [2.05, 4.69) is 41.9 Å². The minimum atomic E-state index is 0.993. The van der Waals surface area contributed by atoms with Gasteiger partial charge in [-0.15, -0.1) is 0 Å². The molecule has 0 fully saturated rings. The van der Waals surface area contributed by atoms with Crippen molar-refractivity contribution in [3.05, 3.63) is 12.2 Å². The zero-order chi connectivity index (χ0) is 18.3. The van der Waals surface area contributed by atoms with Crippen LogP contribution in [0.1, 0.15) is 90.9 Å². The van der Waals surface area contributed by atoms with E-state index < -0.39 is 0 Å². The van der Waals surface area contributed by atoms with E-state index in [0.717, 1.165) is 26.2 Å². The number of rotatable bonds is 21. The minimum absolute atomic E-state index is 0.993. The van der Waals surface area contributed by atoms with Crippen molar-refractivity contribution in [2.24, 2.45) is 0 Å². The van der Waals surface area contributed by atoms with Crippen LogP contribution >= 0.6 is 0 Å². The topological polar surface area (TPSA) is 36.1 Å². The molecule has 0 saturated carbocycles. The Bertz CT molecular complexity index is 254. The molecule has 0 amide bonds. The first kappa shape index (κ1) is 24.6. The molecule has 3 nitrogen and oxygen atoms in total. The average molecular weight is 354 g/mol. The molecule has 0 aromatic rings. The van der Waals surface area contributed by atoms with Crippen molar-refractivity contribution in [3.63, 3.8) is 0 Å². The van der Waals surface area contributed by atoms with E-state index in [1.54, 1.807) is 0 Å². The molecular formula is C22H47N3. The Morgan fingerprint density at radius 2 is 0.920 bits per heavy atom. The minimum Gasteiger partial charge on any atom is -0.317 e. The van der Waals surface area contributed by atoms with Crippen molar-refractivity contribution in [1.82, 2.24) is 16.0 Å². The van der Waals surface area contributed by atoms with Gasteiger partial charge in [-0.05, 0) is 45.4 Å². The monoisotopic (exact) mass is 353 g/mol. The molecular weight excluding hydrogens is 306 g/mol. The molecule has 0 aliphatic heterocycles. The summed E-state index contributed by atoms with van der Waals surface area (Å²) in [5.41, 5.74) is 0. The van der Waals surface area contributed by atoms with Crippen LogP contribution in [0.4, 0.5) is 0 Å². The summed E-state index contributed by atoms with van der Waals surface area (Å²) in [6, 6.07) is 0. The summed E-state index contributed by atoms with van der Waals surface area (Å²) < 4.78 is 0. The van der Waals surface area contributed by atoms with Crippen molar-refractivity contribution in [1.29, 1.82) is 0 Å². The highest BCUT2D eigenvalue weighted by molar-refractivity contribution is 4.85. The number of hydrogen-bond acceptors (Lipinski definition) is 3. The maximum absolute atomic E-state index is 3.59. The maximum atomic E-state index is 3.59. The molecule has 3 N–H and O–H groups in total. The molecule has 0 aromatic heterocycles. The second-order valence-corrected chi connectivity index (χ2v) is 7.12. The van der Waals surface area contributed by atoms with Crippen LogP contribution in [-0.4, -0.2) is 39.3 Å². The van der Waals surface area contributed by atoms with Gasteiger partial charge in [-0.2, -0.15) is 0 Å². The molecule has 150 valence electrons. The van der Waals surface area contributed by atoms with E-state index in [-0.39, 0.29) is 0 Å². The van der Waals surface area contributed by atoms with Crippen molar-refractivity contribution in [3.8, 4) is 0 Å².